The summed E-state index contributed by atoms with van der Waals surface area (Å²) in [7, 11) is 0. The highest BCUT2D eigenvalue weighted by Crippen LogP contribution is 2.20. The Morgan fingerprint density at radius 2 is 2.40 bits per heavy atom. The van der Waals surface area contributed by atoms with Crippen LogP contribution < -0.4 is 16.6 Å². The van der Waals surface area contributed by atoms with Gasteiger partial charge in [-0.25, -0.2) is 4.98 Å². The Bertz CT molecular complexity index is 395. The fourth-order valence-corrected chi connectivity index (χ4v) is 1.77. The van der Waals surface area contributed by atoms with Crippen LogP contribution in [0, 0.1) is 0 Å². The van der Waals surface area contributed by atoms with Crippen molar-refractivity contribution in [3.8, 4) is 0 Å². The number of anilines is 1. The highest BCUT2D eigenvalue weighted by Gasteiger charge is 2.26. The standard InChI is InChI=1S/C10H16N4O/c1-2-14-4-3-12-9(10(14)15)13-8-5-7(11)6-8/h3-4,7-8H,2,5-6,11H2,1H3,(H,12,13). The molecule has 3 N–H and O–H groups in total. The minimum atomic E-state index is -0.0551. The molecule has 0 bridgehead atoms. The molecule has 0 atom stereocenters. The Kier molecular flexibility index (Phi) is 2.73. The molecule has 0 spiro atoms. The number of nitrogens with one attached hydrogen (secondary N) is 1. The lowest BCUT2D eigenvalue weighted by molar-refractivity contribution is 0.372. The van der Waals surface area contributed by atoms with Gasteiger partial charge in [-0.2, -0.15) is 0 Å². The first-order chi connectivity index (χ1) is 7.20. The molecule has 1 fully saturated rings. The normalized spacial score (nSPS) is 24.7. The van der Waals surface area contributed by atoms with Gasteiger partial charge in [0.25, 0.3) is 5.56 Å². The molecule has 0 unspecified atom stereocenters. The minimum absolute atomic E-state index is 0.0551. The first kappa shape index (κ1) is 10.2. The maximum atomic E-state index is 11.8. The van der Waals surface area contributed by atoms with Gasteiger partial charge in [0.05, 0.1) is 0 Å². The zero-order valence-corrected chi connectivity index (χ0v) is 8.81. The van der Waals surface area contributed by atoms with Gasteiger partial charge in [0.1, 0.15) is 0 Å². The van der Waals surface area contributed by atoms with Crippen LogP contribution in [0.5, 0.6) is 0 Å². The van der Waals surface area contributed by atoms with E-state index in [0.717, 1.165) is 12.8 Å². The second-order valence-corrected chi connectivity index (χ2v) is 3.94. The molecule has 1 heterocycles. The molecular formula is C10H16N4O. The number of hydrogen-bond acceptors (Lipinski definition) is 4. The Hall–Kier alpha value is -1.36. The van der Waals surface area contributed by atoms with E-state index in [0.29, 0.717) is 18.4 Å². The molecule has 15 heavy (non-hydrogen) atoms. The highest BCUT2D eigenvalue weighted by atomic mass is 16.1. The fourth-order valence-electron chi connectivity index (χ4n) is 1.77. The average Bonchev–Trinajstić information content (AvgIpc) is 2.18. The lowest BCUT2D eigenvalue weighted by atomic mass is 9.88. The quantitative estimate of drug-likeness (QED) is 0.742. The maximum Gasteiger partial charge on any atom is 0.293 e. The topological polar surface area (TPSA) is 72.9 Å². The van der Waals surface area contributed by atoms with E-state index in [1.807, 2.05) is 6.92 Å². The molecule has 82 valence electrons. The molecule has 5 nitrogen and oxygen atoms in total. The summed E-state index contributed by atoms with van der Waals surface area (Å²) >= 11 is 0. The van der Waals surface area contributed by atoms with Crippen molar-refractivity contribution in [3.63, 3.8) is 0 Å². The molecule has 5 heteroatoms. The van der Waals surface area contributed by atoms with Crippen LogP contribution in [0.15, 0.2) is 17.2 Å². The van der Waals surface area contributed by atoms with Crippen LogP contribution in [-0.4, -0.2) is 21.6 Å². The highest BCUT2D eigenvalue weighted by molar-refractivity contribution is 5.33. The van der Waals surface area contributed by atoms with Gasteiger partial charge in [-0.3, -0.25) is 4.79 Å². The third-order valence-electron chi connectivity index (χ3n) is 2.77. The molecule has 0 aliphatic heterocycles. The predicted octanol–water partition coefficient (Wildman–Crippen LogP) is 0.165. The van der Waals surface area contributed by atoms with Crippen LogP contribution >= 0.6 is 0 Å². The summed E-state index contributed by atoms with van der Waals surface area (Å²) in [5.41, 5.74) is 5.62. The van der Waals surface area contributed by atoms with Gasteiger partial charge < -0.3 is 15.6 Å². The molecule has 0 aromatic carbocycles. The van der Waals surface area contributed by atoms with Crippen molar-refractivity contribution in [2.45, 2.75) is 38.4 Å². The molecule has 1 aliphatic rings. The van der Waals surface area contributed by atoms with Crippen LogP contribution in [0.1, 0.15) is 19.8 Å². The van der Waals surface area contributed by atoms with E-state index in [1.54, 1.807) is 17.0 Å². The third kappa shape index (κ3) is 2.02. The summed E-state index contributed by atoms with van der Waals surface area (Å²) in [6, 6.07) is 0.590. The Morgan fingerprint density at radius 3 is 3.00 bits per heavy atom. The van der Waals surface area contributed by atoms with E-state index in [1.165, 1.54) is 0 Å². The Morgan fingerprint density at radius 1 is 1.67 bits per heavy atom. The van der Waals surface area contributed by atoms with Crippen molar-refractivity contribution in [1.29, 1.82) is 0 Å². The van der Waals surface area contributed by atoms with Crippen LogP contribution in [0.3, 0.4) is 0 Å². The summed E-state index contributed by atoms with van der Waals surface area (Å²) in [5, 5.41) is 3.13. The van der Waals surface area contributed by atoms with Gasteiger partial charge >= 0.3 is 0 Å². The monoisotopic (exact) mass is 208 g/mol. The summed E-state index contributed by atoms with van der Waals surface area (Å²) in [6.07, 6.45) is 5.18. The molecule has 1 aromatic rings. The van der Waals surface area contributed by atoms with Crippen molar-refractivity contribution in [2.75, 3.05) is 5.32 Å². The molecule has 1 saturated carbocycles. The summed E-state index contributed by atoms with van der Waals surface area (Å²) in [5.74, 6) is 0.441. The summed E-state index contributed by atoms with van der Waals surface area (Å²) < 4.78 is 1.63. The Balaban J connectivity index is 2.11. The zero-order chi connectivity index (χ0) is 10.8. The van der Waals surface area contributed by atoms with E-state index < -0.39 is 0 Å². The lowest BCUT2D eigenvalue weighted by Crippen LogP contribution is -2.45. The average molecular weight is 208 g/mol. The van der Waals surface area contributed by atoms with Crippen molar-refractivity contribution in [3.05, 3.63) is 22.7 Å². The smallest absolute Gasteiger partial charge is 0.293 e. The molecule has 1 aliphatic carbocycles. The van der Waals surface area contributed by atoms with Gasteiger partial charge in [0.2, 0.25) is 0 Å². The first-order valence-electron chi connectivity index (χ1n) is 5.28. The zero-order valence-electron chi connectivity index (χ0n) is 8.81. The molecule has 0 radical (unpaired) electrons. The van der Waals surface area contributed by atoms with Gasteiger partial charge in [-0.1, -0.05) is 0 Å². The number of nitrogens with zero attached hydrogens (tertiary/aromatic N) is 2. The molecule has 1 aromatic heterocycles. The molecule has 0 saturated heterocycles. The van der Waals surface area contributed by atoms with Crippen molar-refractivity contribution in [2.24, 2.45) is 5.73 Å². The van der Waals surface area contributed by atoms with E-state index in [2.05, 4.69) is 10.3 Å². The first-order valence-corrected chi connectivity index (χ1v) is 5.28. The third-order valence-corrected chi connectivity index (χ3v) is 2.77. The molecule has 2 rings (SSSR count). The van der Waals surface area contributed by atoms with E-state index in [-0.39, 0.29) is 11.6 Å². The van der Waals surface area contributed by atoms with Crippen molar-refractivity contribution >= 4 is 5.82 Å². The van der Waals surface area contributed by atoms with Crippen LogP contribution in [0.4, 0.5) is 5.82 Å². The van der Waals surface area contributed by atoms with E-state index in [9.17, 15) is 4.79 Å². The molecule has 0 amide bonds. The molecular weight excluding hydrogens is 192 g/mol. The van der Waals surface area contributed by atoms with Crippen LogP contribution in [0.2, 0.25) is 0 Å². The van der Waals surface area contributed by atoms with E-state index in [4.69, 9.17) is 5.73 Å². The fraction of sp³-hybridized carbons (Fsp3) is 0.600. The number of rotatable bonds is 3. The lowest BCUT2D eigenvalue weighted by Gasteiger charge is -2.33. The van der Waals surface area contributed by atoms with Crippen LogP contribution in [0.25, 0.3) is 0 Å². The van der Waals surface area contributed by atoms with Gasteiger partial charge in [-0.05, 0) is 19.8 Å². The van der Waals surface area contributed by atoms with E-state index >= 15 is 0 Å². The van der Waals surface area contributed by atoms with Crippen LogP contribution in [-0.2, 0) is 6.54 Å². The van der Waals surface area contributed by atoms with Gasteiger partial charge in [-0.15, -0.1) is 0 Å². The van der Waals surface area contributed by atoms with Crippen molar-refractivity contribution < 1.29 is 0 Å². The maximum absolute atomic E-state index is 11.8. The largest absolute Gasteiger partial charge is 0.363 e. The predicted molar refractivity (Wildman–Crippen MR) is 58.8 cm³/mol. The van der Waals surface area contributed by atoms with Gasteiger partial charge in [0.15, 0.2) is 5.82 Å². The minimum Gasteiger partial charge on any atom is -0.363 e. The SMILES string of the molecule is CCn1ccnc(NC2CC(N)C2)c1=O. The van der Waals surface area contributed by atoms with Crippen molar-refractivity contribution in [1.82, 2.24) is 9.55 Å². The van der Waals surface area contributed by atoms with Gasteiger partial charge in [0, 0.05) is 31.0 Å². The Labute approximate surface area is 88.3 Å². The second kappa shape index (κ2) is 4.02. The second-order valence-electron chi connectivity index (χ2n) is 3.94. The number of aromatic nitrogens is 2. The number of hydrogen-bond donors (Lipinski definition) is 2. The number of nitrogens with two attached hydrogens (primary N) is 1. The summed E-state index contributed by atoms with van der Waals surface area (Å²) in [6.45, 7) is 2.60. The number of aryl methyl sites for hydroxylation is 1. The summed E-state index contributed by atoms with van der Waals surface area (Å²) in [4.78, 5) is 15.8.